The summed E-state index contributed by atoms with van der Waals surface area (Å²) in [5.74, 6) is 0.802. The van der Waals surface area contributed by atoms with Gasteiger partial charge in [-0.15, -0.1) is 0 Å². The summed E-state index contributed by atoms with van der Waals surface area (Å²) in [6.45, 7) is 0. The summed E-state index contributed by atoms with van der Waals surface area (Å²) < 4.78 is 5.19. The van der Waals surface area contributed by atoms with Gasteiger partial charge >= 0.3 is 0 Å². The van der Waals surface area contributed by atoms with Crippen molar-refractivity contribution in [2.24, 2.45) is 0 Å². The predicted octanol–water partition coefficient (Wildman–Crippen LogP) is 3.81. The van der Waals surface area contributed by atoms with Gasteiger partial charge in [0, 0.05) is 24.0 Å². The molecule has 3 aromatic rings. The quantitative estimate of drug-likeness (QED) is 0.537. The molecular formula is C20H18N4O2S. The molecule has 1 N–H and O–H groups in total. The second kappa shape index (κ2) is 7.98. The Morgan fingerprint density at radius 3 is 2.22 bits per heavy atom. The summed E-state index contributed by atoms with van der Waals surface area (Å²) in [7, 11) is 3.60. The van der Waals surface area contributed by atoms with Gasteiger partial charge in [-0.05, 0) is 42.7 Å². The van der Waals surface area contributed by atoms with Crippen LogP contribution in [0.5, 0.6) is 5.75 Å². The highest BCUT2D eigenvalue weighted by Crippen LogP contribution is 2.28. The third kappa shape index (κ3) is 3.81. The zero-order valence-corrected chi connectivity index (χ0v) is 16.0. The lowest BCUT2D eigenvalue weighted by Crippen LogP contribution is -2.14. The molecule has 3 rings (SSSR count). The number of ether oxygens (including phenoxy) is 1. The predicted molar refractivity (Wildman–Crippen MR) is 108 cm³/mol. The molecule has 1 aromatic heterocycles. The van der Waals surface area contributed by atoms with Gasteiger partial charge in [0.05, 0.1) is 12.8 Å². The first-order chi connectivity index (χ1) is 13.1. The molecule has 0 aliphatic heterocycles. The van der Waals surface area contributed by atoms with Crippen LogP contribution in [-0.4, -0.2) is 30.4 Å². The number of nitrogens with one attached hydrogen (secondary N) is 1. The number of hydrogen-bond donors (Lipinski definition) is 1. The van der Waals surface area contributed by atoms with Crippen molar-refractivity contribution in [3.63, 3.8) is 0 Å². The van der Waals surface area contributed by atoms with Crippen molar-refractivity contribution in [3.8, 4) is 23.1 Å². The number of nitriles is 1. The third-order valence-electron chi connectivity index (χ3n) is 4.19. The fourth-order valence-corrected chi connectivity index (χ4v) is 3.04. The number of methoxy groups -OCH3 is 1. The van der Waals surface area contributed by atoms with E-state index in [1.165, 1.54) is 11.8 Å². The maximum absolute atomic E-state index is 12.1. The van der Waals surface area contributed by atoms with E-state index >= 15 is 0 Å². The van der Waals surface area contributed by atoms with E-state index in [4.69, 9.17) is 4.74 Å². The molecule has 0 atom stereocenters. The van der Waals surface area contributed by atoms with Gasteiger partial charge in [-0.3, -0.25) is 4.79 Å². The summed E-state index contributed by atoms with van der Waals surface area (Å²) in [6, 6.07) is 17.3. The molecule has 0 aliphatic carbocycles. The minimum absolute atomic E-state index is 0.0176. The Morgan fingerprint density at radius 1 is 1.11 bits per heavy atom. The zero-order valence-electron chi connectivity index (χ0n) is 15.2. The number of hydrogen-bond acceptors (Lipinski definition) is 6. The van der Waals surface area contributed by atoms with E-state index < -0.39 is 5.56 Å². The summed E-state index contributed by atoms with van der Waals surface area (Å²) >= 11 is 1.32. The van der Waals surface area contributed by atoms with Gasteiger partial charge in [0.15, 0.2) is 5.16 Å². The van der Waals surface area contributed by atoms with Crippen molar-refractivity contribution in [1.29, 1.82) is 5.26 Å². The van der Waals surface area contributed by atoms with Gasteiger partial charge in [-0.25, -0.2) is 4.98 Å². The third-order valence-corrected chi connectivity index (χ3v) is 4.77. The molecule has 0 fully saturated rings. The second-order valence-electron chi connectivity index (χ2n) is 5.71. The molecule has 6 nitrogen and oxygen atoms in total. The number of aromatic nitrogens is 2. The van der Waals surface area contributed by atoms with Crippen molar-refractivity contribution >= 4 is 23.1 Å². The lowest BCUT2D eigenvalue weighted by Gasteiger charge is -2.20. The highest BCUT2D eigenvalue weighted by molar-refractivity contribution is 7.98. The summed E-state index contributed by atoms with van der Waals surface area (Å²) in [6.07, 6.45) is 1.82. The van der Waals surface area contributed by atoms with E-state index in [1.54, 1.807) is 7.11 Å². The number of aromatic amines is 1. The minimum Gasteiger partial charge on any atom is -0.497 e. The van der Waals surface area contributed by atoms with Gasteiger partial charge in [0.25, 0.3) is 5.56 Å². The molecule has 7 heteroatoms. The van der Waals surface area contributed by atoms with Crippen molar-refractivity contribution in [3.05, 3.63) is 64.4 Å². The highest BCUT2D eigenvalue weighted by Gasteiger charge is 2.13. The molecule has 0 saturated heterocycles. The first kappa shape index (κ1) is 18.5. The molecular weight excluding hydrogens is 360 g/mol. The van der Waals surface area contributed by atoms with Crippen LogP contribution in [-0.2, 0) is 0 Å². The van der Waals surface area contributed by atoms with E-state index in [1.807, 2.05) is 72.8 Å². The molecule has 27 heavy (non-hydrogen) atoms. The van der Waals surface area contributed by atoms with Crippen LogP contribution >= 0.6 is 11.8 Å². The Kier molecular flexibility index (Phi) is 5.48. The molecule has 0 unspecified atom stereocenters. The molecule has 0 bridgehead atoms. The van der Waals surface area contributed by atoms with Crippen LogP contribution in [0.3, 0.4) is 0 Å². The molecule has 0 radical (unpaired) electrons. The lowest BCUT2D eigenvalue weighted by molar-refractivity contribution is 0.415. The lowest BCUT2D eigenvalue weighted by atomic mass is 10.1. The van der Waals surface area contributed by atoms with Crippen LogP contribution < -0.4 is 15.2 Å². The van der Waals surface area contributed by atoms with Crippen molar-refractivity contribution in [2.45, 2.75) is 5.16 Å². The molecule has 0 aliphatic rings. The smallest absolute Gasteiger partial charge is 0.270 e. The van der Waals surface area contributed by atoms with E-state index in [9.17, 15) is 10.1 Å². The maximum Gasteiger partial charge on any atom is 0.270 e. The van der Waals surface area contributed by atoms with Gasteiger partial charge in [0.2, 0.25) is 0 Å². The molecule has 0 saturated carbocycles. The minimum atomic E-state index is -0.425. The van der Waals surface area contributed by atoms with Crippen LogP contribution in [0.2, 0.25) is 0 Å². The van der Waals surface area contributed by atoms with Crippen molar-refractivity contribution in [2.75, 3.05) is 25.3 Å². The largest absolute Gasteiger partial charge is 0.497 e. The Morgan fingerprint density at radius 2 is 1.70 bits per heavy atom. The Balaban J connectivity index is 1.95. The first-order valence-electron chi connectivity index (χ1n) is 8.14. The monoisotopic (exact) mass is 378 g/mol. The number of rotatable bonds is 5. The molecule has 0 amide bonds. The average molecular weight is 378 g/mol. The van der Waals surface area contributed by atoms with Gasteiger partial charge in [-0.2, -0.15) is 5.26 Å². The summed E-state index contributed by atoms with van der Waals surface area (Å²) in [5.41, 5.74) is 2.69. The molecule has 2 aromatic carbocycles. The molecule has 0 spiro atoms. The van der Waals surface area contributed by atoms with Crippen LogP contribution in [0, 0.1) is 11.3 Å². The SMILES string of the molecule is COc1ccc(N(C)c2ccc(-c3nc(SC)[nH]c(=O)c3C#N)cc2)cc1. The van der Waals surface area contributed by atoms with Gasteiger partial charge in [0.1, 0.15) is 17.4 Å². The molecule has 1 heterocycles. The van der Waals surface area contributed by atoms with E-state index in [2.05, 4.69) is 9.97 Å². The van der Waals surface area contributed by atoms with E-state index in [0.717, 1.165) is 22.7 Å². The number of thioether (sulfide) groups is 1. The Hall–Kier alpha value is -3.24. The standard InChI is InChI=1S/C20H18N4O2S/c1-24(15-8-10-16(26-2)11-9-15)14-6-4-13(5-7-14)18-17(12-21)19(25)23-20(22-18)27-3/h4-11H,1-3H3,(H,22,23,25). The van der Waals surface area contributed by atoms with E-state index in [0.29, 0.717) is 10.9 Å². The van der Waals surface area contributed by atoms with Gasteiger partial charge in [-0.1, -0.05) is 23.9 Å². The fourth-order valence-electron chi connectivity index (χ4n) is 2.66. The molecule has 136 valence electrons. The number of benzene rings is 2. The van der Waals surface area contributed by atoms with Gasteiger partial charge < -0.3 is 14.6 Å². The summed E-state index contributed by atoms with van der Waals surface area (Å²) in [5, 5.41) is 9.80. The second-order valence-corrected chi connectivity index (χ2v) is 6.51. The number of H-pyrrole nitrogens is 1. The zero-order chi connectivity index (χ0) is 19.4. The Bertz CT molecular complexity index is 1040. The summed E-state index contributed by atoms with van der Waals surface area (Å²) in [4.78, 5) is 21.1. The van der Waals surface area contributed by atoms with E-state index in [-0.39, 0.29) is 5.56 Å². The maximum atomic E-state index is 12.1. The van der Waals surface area contributed by atoms with Crippen LogP contribution in [0.4, 0.5) is 11.4 Å². The topological polar surface area (TPSA) is 82.0 Å². The highest BCUT2D eigenvalue weighted by atomic mass is 32.2. The first-order valence-corrected chi connectivity index (χ1v) is 9.36. The average Bonchev–Trinajstić information content (AvgIpc) is 2.72. The van der Waals surface area contributed by atoms with Crippen LogP contribution in [0.25, 0.3) is 11.3 Å². The number of anilines is 2. The number of nitrogens with zero attached hydrogens (tertiary/aromatic N) is 3. The Labute approximate surface area is 161 Å². The van der Waals surface area contributed by atoms with Crippen molar-refractivity contribution in [1.82, 2.24) is 9.97 Å². The van der Waals surface area contributed by atoms with Crippen molar-refractivity contribution < 1.29 is 4.74 Å². The van der Waals surface area contributed by atoms with Crippen LogP contribution in [0.15, 0.2) is 58.5 Å². The normalized spacial score (nSPS) is 10.3. The fraction of sp³-hybridized carbons (Fsp3) is 0.150. The van der Waals surface area contributed by atoms with Crippen LogP contribution in [0.1, 0.15) is 5.56 Å².